The number of fused-ring (bicyclic) bond motifs is 1. The second-order valence-electron chi connectivity index (χ2n) is 5.00. The van der Waals surface area contributed by atoms with Crippen LogP contribution in [0.5, 0.6) is 0 Å². The number of hydrogen-bond acceptors (Lipinski definition) is 4. The molecule has 1 N–H and O–H groups in total. The zero-order valence-corrected chi connectivity index (χ0v) is 11.8. The van der Waals surface area contributed by atoms with Gasteiger partial charge in [0.25, 0.3) is 0 Å². The van der Waals surface area contributed by atoms with Crippen molar-refractivity contribution in [3.8, 4) is 0 Å². The van der Waals surface area contributed by atoms with Crippen molar-refractivity contribution in [2.75, 3.05) is 13.2 Å². The summed E-state index contributed by atoms with van der Waals surface area (Å²) >= 11 is 0. The minimum Gasteiger partial charge on any atom is -0.368 e. The van der Waals surface area contributed by atoms with Crippen molar-refractivity contribution >= 4 is 0 Å². The van der Waals surface area contributed by atoms with Crippen LogP contribution in [-0.2, 0) is 23.3 Å². The van der Waals surface area contributed by atoms with Crippen molar-refractivity contribution in [1.29, 1.82) is 0 Å². The van der Waals surface area contributed by atoms with Crippen LogP contribution in [-0.4, -0.2) is 23.1 Å². The predicted molar refractivity (Wildman–Crippen MR) is 71.4 cm³/mol. The predicted octanol–water partition coefficient (Wildman–Crippen LogP) is 2.09. The van der Waals surface area contributed by atoms with Gasteiger partial charge in [-0.3, -0.25) is 0 Å². The highest BCUT2D eigenvalue weighted by molar-refractivity contribution is 5.28. The molecule has 0 aromatic carbocycles. The van der Waals surface area contributed by atoms with Crippen LogP contribution in [0.4, 0.5) is 0 Å². The van der Waals surface area contributed by atoms with Gasteiger partial charge in [0, 0.05) is 37.4 Å². The van der Waals surface area contributed by atoms with Gasteiger partial charge in [0.05, 0.1) is 5.69 Å². The maximum Gasteiger partial charge on any atom is 0.160 e. The molecule has 0 saturated heterocycles. The average Bonchev–Trinajstić information content (AvgIpc) is 2.39. The molecule has 2 heterocycles. The topological polar surface area (TPSA) is 47.0 Å². The van der Waals surface area contributed by atoms with E-state index in [1.807, 2.05) is 6.92 Å². The summed E-state index contributed by atoms with van der Waals surface area (Å²) < 4.78 is 5.87. The molecule has 0 amide bonds. The second kappa shape index (κ2) is 5.33. The van der Waals surface area contributed by atoms with Crippen LogP contribution >= 0.6 is 0 Å². The molecule has 0 spiro atoms. The number of hydrogen-bond donors (Lipinski definition) is 1. The molecule has 1 atom stereocenters. The summed E-state index contributed by atoms with van der Waals surface area (Å²) in [6, 6.07) is 0. The largest absolute Gasteiger partial charge is 0.368 e. The maximum absolute atomic E-state index is 5.87. The lowest BCUT2D eigenvalue weighted by Crippen LogP contribution is -2.32. The van der Waals surface area contributed by atoms with Gasteiger partial charge in [-0.2, -0.15) is 0 Å². The van der Waals surface area contributed by atoms with Crippen LogP contribution in [0.15, 0.2) is 0 Å². The van der Waals surface area contributed by atoms with Crippen molar-refractivity contribution in [2.45, 2.75) is 52.7 Å². The zero-order chi connectivity index (χ0) is 13.2. The number of aryl methyl sites for hydroxylation is 1. The molecule has 2 rings (SSSR count). The lowest BCUT2D eigenvalue weighted by atomic mass is 9.99. The van der Waals surface area contributed by atoms with Crippen LogP contribution in [0, 0.1) is 6.92 Å². The Bertz CT molecular complexity index is 433. The van der Waals surface area contributed by atoms with Crippen LogP contribution < -0.4 is 5.32 Å². The fourth-order valence-corrected chi connectivity index (χ4v) is 2.39. The van der Waals surface area contributed by atoms with Gasteiger partial charge in [-0.15, -0.1) is 0 Å². The Labute approximate surface area is 109 Å². The van der Waals surface area contributed by atoms with E-state index in [9.17, 15) is 0 Å². The molecule has 1 aliphatic rings. The second-order valence-corrected chi connectivity index (χ2v) is 5.00. The van der Waals surface area contributed by atoms with Gasteiger partial charge in [-0.05, 0) is 27.2 Å². The Balaban J connectivity index is 2.42. The van der Waals surface area contributed by atoms with Crippen molar-refractivity contribution < 1.29 is 4.74 Å². The summed E-state index contributed by atoms with van der Waals surface area (Å²) in [4.78, 5) is 9.43. The molecule has 1 aromatic heterocycles. The lowest BCUT2D eigenvalue weighted by Gasteiger charge is -2.29. The van der Waals surface area contributed by atoms with Gasteiger partial charge in [-0.1, -0.05) is 6.92 Å². The quantitative estimate of drug-likeness (QED) is 0.887. The van der Waals surface area contributed by atoms with E-state index >= 15 is 0 Å². The van der Waals surface area contributed by atoms with Crippen molar-refractivity contribution in [1.82, 2.24) is 15.3 Å². The minimum absolute atomic E-state index is 0.362. The molecule has 100 valence electrons. The fourth-order valence-electron chi connectivity index (χ4n) is 2.39. The van der Waals surface area contributed by atoms with Crippen LogP contribution in [0.25, 0.3) is 0 Å². The molecule has 18 heavy (non-hydrogen) atoms. The molecular weight excluding hydrogens is 226 g/mol. The van der Waals surface area contributed by atoms with E-state index in [0.717, 1.165) is 37.4 Å². The zero-order valence-electron chi connectivity index (χ0n) is 11.8. The molecule has 0 fully saturated rings. The molecular formula is C14H23N3O. The minimum atomic E-state index is -0.362. The Morgan fingerprint density at radius 3 is 2.78 bits per heavy atom. The van der Waals surface area contributed by atoms with Gasteiger partial charge in [0.1, 0.15) is 5.60 Å². The first kappa shape index (κ1) is 13.4. The number of aromatic nitrogens is 2. The molecule has 1 aliphatic heterocycles. The van der Waals surface area contributed by atoms with E-state index < -0.39 is 0 Å². The number of rotatable bonds is 4. The Kier molecular flexibility index (Phi) is 3.97. The first-order valence-corrected chi connectivity index (χ1v) is 6.82. The standard InChI is InChI=1S/C14H23N3O/c1-5-14(4,18-6-2)13-16-10(3)11-9-15-8-7-12(11)17-13/h15H,5-9H2,1-4H3. The van der Waals surface area contributed by atoms with Crippen molar-refractivity contribution in [3.05, 3.63) is 22.8 Å². The number of nitrogens with one attached hydrogen (secondary N) is 1. The molecule has 0 saturated carbocycles. The summed E-state index contributed by atoms with van der Waals surface area (Å²) in [7, 11) is 0. The Morgan fingerprint density at radius 2 is 2.11 bits per heavy atom. The van der Waals surface area contributed by atoms with Crippen molar-refractivity contribution in [3.63, 3.8) is 0 Å². The SMILES string of the molecule is CCOC(C)(CC)c1nc(C)c2c(n1)CCNC2. The van der Waals surface area contributed by atoms with Gasteiger partial charge >= 0.3 is 0 Å². The highest BCUT2D eigenvalue weighted by Gasteiger charge is 2.30. The van der Waals surface area contributed by atoms with Gasteiger partial charge in [0.2, 0.25) is 0 Å². The summed E-state index contributed by atoms with van der Waals surface area (Å²) in [6.07, 6.45) is 1.87. The highest BCUT2D eigenvalue weighted by Crippen LogP contribution is 2.28. The van der Waals surface area contributed by atoms with E-state index in [1.54, 1.807) is 0 Å². The normalized spacial score (nSPS) is 18.2. The Morgan fingerprint density at radius 1 is 1.33 bits per heavy atom. The monoisotopic (exact) mass is 249 g/mol. The van der Waals surface area contributed by atoms with Crippen LogP contribution in [0.2, 0.25) is 0 Å². The molecule has 1 unspecified atom stereocenters. The summed E-state index contributed by atoms with van der Waals surface area (Å²) in [5.41, 5.74) is 3.18. The van der Waals surface area contributed by atoms with Gasteiger partial charge in [0.15, 0.2) is 5.82 Å². The first-order valence-electron chi connectivity index (χ1n) is 6.82. The average molecular weight is 249 g/mol. The molecule has 0 aliphatic carbocycles. The third-order valence-electron chi connectivity index (χ3n) is 3.75. The lowest BCUT2D eigenvalue weighted by molar-refractivity contribution is -0.0393. The van der Waals surface area contributed by atoms with Gasteiger partial charge in [-0.25, -0.2) is 9.97 Å². The fraction of sp³-hybridized carbons (Fsp3) is 0.714. The molecule has 1 aromatic rings. The number of ether oxygens (including phenoxy) is 1. The van der Waals surface area contributed by atoms with E-state index in [0.29, 0.717) is 6.61 Å². The molecule has 4 heteroatoms. The highest BCUT2D eigenvalue weighted by atomic mass is 16.5. The molecule has 0 radical (unpaired) electrons. The third kappa shape index (κ3) is 2.40. The van der Waals surface area contributed by atoms with Crippen molar-refractivity contribution in [2.24, 2.45) is 0 Å². The third-order valence-corrected chi connectivity index (χ3v) is 3.75. The van der Waals surface area contributed by atoms with E-state index in [-0.39, 0.29) is 5.60 Å². The molecule has 0 bridgehead atoms. The van der Waals surface area contributed by atoms with E-state index in [2.05, 4.69) is 31.1 Å². The van der Waals surface area contributed by atoms with Gasteiger partial charge < -0.3 is 10.1 Å². The summed E-state index contributed by atoms with van der Waals surface area (Å²) in [5.74, 6) is 0.838. The number of nitrogens with zero attached hydrogens (tertiary/aromatic N) is 2. The summed E-state index contributed by atoms with van der Waals surface area (Å²) in [5, 5.41) is 3.37. The van der Waals surface area contributed by atoms with E-state index in [4.69, 9.17) is 9.72 Å². The Hall–Kier alpha value is -1.00. The smallest absolute Gasteiger partial charge is 0.160 e. The first-order chi connectivity index (χ1) is 8.60. The maximum atomic E-state index is 5.87. The van der Waals surface area contributed by atoms with E-state index in [1.165, 1.54) is 11.3 Å². The summed E-state index contributed by atoms with van der Waals surface area (Å²) in [6.45, 7) is 10.9. The van der Waals surface area contributed by atoms with Crippen LogP contribution in [0.1, 0.15) is 50.0 Å². The van der Waals surface area contributed by atoms with Crippen LogP contribution in [0.3, 0.4) is 0 Å². The molecule has 4 nitrogen and oxygen atoms in total.